The first-order valence-electron chi connectivity index (χ1n) is 30.7. The van der Waals surface area contributed by atoms with Crippen molar-refractivity contribution in [3.05, 3.63) is 122 Å². The number of aliphatic carboxylic acids is 1. The van der Waals surface area contributed by atoms with Crippen molar-refractivity contribution in [3.8, 4) is 0 Å². The fraction of sp³-hybridized carbons (Fsp3) is 0.662. The van der Waals surface area contributed by atoms with Crippen LogP contribution in [0.3, 0.4) is 0 Å². The molecule has 0 saturated carbocycles. The Morgan fingerprint density at radius 3 is 1.04 bits per heavy atom. The lowest BCUT2D eigenvalue weighted by Gasteiger charge is -2.26. The molecular weight excluding hydrogens is 959 g/mol. The number of allylic oxidation sites excluding steroid dienone is 20. The molecular formula is C68H113NO8. The second kappa shape index (κ2) is 57.9. The Kier molecular flexibility index (Phi) is 54.6. The van der Waals surface area contributed by atoms with Gasteiger partial charge in [0.2, 0.25) is 0 Å². The molecule has 0 amide bonds. The average molecular weight is 1070 g/mol. The van der Waals surface area contributed by atoms with Crippen LogP contribution in [0.25, 0.3) is 0 Å². The van der Waals surface area contributed by atoms with Gasteiger partial charge in [-0.05, 0) is 103 Å². The molecule has 0 N–H and O–H groups in total. The van der Waals surface area contributed by atoms with Crippen molar-refractivity contribution < 1.29 is 42.9 Å². The quantitative estimate of drug-likeness (QED) is 0.0195. The molecule has 0 radical (unpaired) electrons. The van der Waals surface area contributed by atoms with Crippen LogP contribution >= 0.6 is 0 Å². The molecule has 0 aliphatic carbocycles. The van der Waals surface area contributed by atoms with Crippen molar-refractivity contribution in [2.45, 2.75) is 245 Å². The number of carbonyl (C=O) groups excluding carboxylic acids is 3. The minimum atomic E-state index is -1.63. The summed E-state index contributed by atoms with van der Waals surface area (Å²) in [5, 5.41) is 11.8. The number of quaternary nitrogens is 1. The Balaban J connectivity index is 4.17. The number of hydrogen-bond acceptors (Lipinski definition) is 8. The van der Waals surface area contributed by atoms with Gasteiger partial charge in [-0.2, -0.15) is 0 Å². The maximum absolute atomic E-state index is 12.9. The van der Waals surface area contributed by atoms with Crippen molar-refractivity contribution in [1.29, 1.82) is 0 Å². The van der Waals surface area contributed by atoms with E-state index in [1.165, 1.54) is 83.5 Å². The number of hydrogen-bond donors (Lipinski definition) is 0. The second-order valence-corrected chi connectivity index (χ2v) is 21.2. The molecule has 0 fully saturated rings. The normalized spacial score (nSPS) is 13.6. The van der Waals surface area contributed by atoms with Gasteiger partial charge in [0.15, 0.2) is 12.4 Å². The van der Waals surface area contributed by atoms with E-state index in [2.05, 4.69) is 135 Å². The lowest BCUT2D eigenvalue weighted by atomic mass is 10.0. The summed E-state index contributed by atoms with van der Waals surface area (Å²) in [5.74, 6) is -2.30. The topological polar surface area (TPSA) is 111 Å². The molecule has 2 unspecified atom stereocenters. The van der Waals surface area contributed by atoms with E-state index in [1.807, 2.05) is 21.1 Å². The van der Waals surface area contributed by atoms with E-state index in [1.54, 1.807) is 0 Å². The predicted molar refractivity (Wildman–Crippen MR) is 324 cm³/mol. The van der Waals surface area contributed by atoms with Crippen LogP contribution in [-0.4, -0.2) is 82.3 Å². The zero-order chi connectivity index (χ0) is 56.2. The number of ether oxygens (including phenoxy) is 4. The van der Waals surface area contributed by atoms with Crippen molar-refractivity contribution in [3.63, 3.8) is 0 Å². The molecule has 0 bridgehead atoms. The molecule has 0 saturated heterocycles. The number of likely N-dealkylation sites (N-methyl/N-ethyl adjacent to an activating group) is 1. The minimum absolute atomic E-state index is 0.140. The fourth-order valence-electron chi connectivity index (χ4n) is 8.06. The second-order valence-electron chi connectivity index (χ2n) is 21.2. The van der Waals surface area contributed by atoms with Gasteiger partial charge < -0.3 is 33.3 Å². The summed E-state index contributed by atoms with van der Waals surface area (Å²) in [4.78, 5) is 37.3. The minimum Gasteiger partial charge on any atom is -0.545 e. The smallest absolute Gasteiger partial charge is 0.306 e. The number of rotatable bonds is 55. The summed E-state index contributed by atoms with van der Waals surface area (Å²) >= 11 is 0. The van der Waals surface area contributed by atoms with Crippen LogP contribution in [0, 0.1) is 0 Å². The third-order valence-corrected chi connectivity index (χ3v) is 12.7. The lowest BCUT2D eigenvalue weighted by Crippen LogP contribution is -2.44. The molecule has 0 aromatic rings. The van der Waals surface area contributed by atoms with Gasteiger partial charge in [0.1, 0.15) is 13.2 Å². The van der Waals surface area contributed by atoms with Gasteiger partial charge in [-0.3, -0.25) is 9.59 Å². The maximum Gasteiger partial charge on any atom is 0.306 e. The summed E-state index contributed by atoms with van der Waals surface area (Å²) in [6, 6.07) is 0. The largest absolute Gasteiger partial charge is 0.545 e. The molecule has 0 rings (SSSR count). The molecule has 0 spiro atoms. The number of nitrogens with zero attached hydrogens (tertiary/aromatic N) is 1. The first kappa shape index (κ1) is 72.7. The summed E-state index contributed by atoms with van der Waals surface area (Å²) < 4.78 is 22.7. The lowest BCUT2D eigenvalue weighted by molar-refractivity contribution is -0.870. The van der Waals surface area contributed by atoms with Crippen LogP contribution in [0.2, 0.25) is 0 Å². The highest BCUT2D eigenvalue weighted by Gasteiger charge is 2.22. The van der Waals surface area contributed by atoms with Crippen LogP contribution in [-0.2, 0) is 33.3 Å². The van der Waals surface area contributed by atoms with Crippen molar-refractivity contribution in [1.82, 2.24) is 0 Å². The number of unbranched alkanes of at least 4 members (excludes halogenated alkanes) is 20. The first-order valence-corrected chi connectivity index (χ1v) is 30.7. The molecule has 0 aliphatic heterocycles. The van der Waals surface area contributed by atoms with Crippen molar-refractivity contribution in [2.75, 3.05) is 47.5 Å². The average Bonchev–Trinajstić information content (AvgIpc) is 3.40. The van der Waals surface area contributed by atoms with Gasteiger partial charge in [-0.25, -0.2) is 0 Å². The summed E-state index contributed by atoms with van der Waals surface area (Å²) in [6.45, 7) is 4.50. The van der Waals surface area contributed by atoms with Crippen molar-refractivity contribution in [2.24, 2.45) is 0 Å². The zero-order valence-corrected chi connectivity index (χ0v) is 49.8. The number of carboxylic acid groups (broad SMARTS) is 1. The maximum atomic E-state index is 12.9. The molecule has 77 heavy (non-hydrogen) atoms. The summed E-state index contributed by atoms with van der Waals surface area (Å²) in [7, 11) is 5.91. The van der Waals surface area contributed by atoms with E-state index < -0.39 is 24.3 Å². The van der Waals surface area contributed by atoms with Gasteiger partial charge in [0.25, 0.3) is 0 Å². The van der Waals surface area contributed by atoms with E-state index >= 15 is 0 Å². The van der Waals surface area contributed by atoms with E-state index in [0.717, 1.165) is 116 Å². The SMILES string of the molecule is CC/C=C\C/C=C\C/C=C\C/C=C\C/C=C\C/C=C\C/C=C\CCCCCCCCCCCCCCCC(=O)OC(COC(=O)CCCCCCCCC/C=C\C/C=C\C/C=C\CC)COC(OCC[N+](C)(C)C)C(=O)[O-]. The zero-order valence-electron chi connectivity index (χ0n) is 49.8. The molecule has 9 heteroatoms. The molecule has 0 aromatic carbocycles. The Labute approximate surface area is 472 Å². The monoisotopic (exact) mass is 1070 g/mol. The van der Waals surface area contributed by atoms with E-state index in [0.29, 0.717) is 17.4 Å². The summed E-state index contributed by atoms with van der Waals surface area (Å²) in [5.41, 5.74) is 0. The summed E-state index contributed by atoms with van der Waals surface area (Å²) in [6.07, 6.45) is 78.3. The van der Waals surface area contributed by atoms with Gasteiger partial charge in [0.05, 0.1) is 40.3 Å². The van der Waals surface area contributed by atoms with Crippen LogP contribution in [0.15, 0.2) is 122 Å². The highest BCUT2D eigenvalue weighted by Crippen LogP contribution is 2.16. The van der Waals surface area contributed by atoms with E-state index in [9.17, 15) is 19.5 Å². The highest BCUT2D eigenvalue weighted by molar-refractivity contribution is 5.70. The standard InChI is InChI=1S/C68H113NO8/c1-6-8-10-12-14-16-18-20-22-24-25-26-27-28-29-30-31-32-33-34-35-36-37-38-39-40-41-43-45-47-49-51-53-55-57-59-66(71)77-64(63-76-68(67(72)73)74-61-60-69(3,4)5)62-75-65(70)58-56-54-52-50-48-46-44-42-23-21-19-17-15-13-11-9-7-2/h8-11,14-17,20-23,25-26,28-29,31-32,34-35,64,68H,6-7,12-13,18-19,24,27,30,33,36-63H2,1-5H3/b10-8-,11-9-,16-14-,17-15-,22-20-,23-21-,26-25-,29-28-,32-31-,35-34-. The fourth-order valence-corrected chi connectivity index (χ4v) is 8.06. The Morgan fingerprint density at radius 1 is 0.390 bits per heavy atom. The van der Waals surface area contributed by atoms with Crippen LogP contribution in [0.4, 0.5) is 0 Å². The van der Waals surface area contributed by atoms with Gasteiger partial charge >= 0.3 is 11.9 Å². The van der Waals surface area contributed by atoms with E-state index in [4.69, 9.17) is 18.9 Å². The number of carbonyl (C=O) groups is 3. The molecule has 438 valence electrons. The third-order valence-electron chi connectivity index (χ3n) is 12.7. The molecule has 0 heterocycles. The van der Waals surface area contributed by atoms with Gasteiger partial charge in [-0.15, -0.1) is 0 Å². The molecule has 9 nitrogen and oxygen atoms in total. The van der Waals surface area contributed by atoms with Gasteiger partial charge in [-0.1, -0.05) is 238 Å². The predicted octanol–water partition coefficient (Wildman–Crippen LogP) is 17.1. The van der Waals surface area contributed by atoms with Crippen LogP contribution in [0.5, 0.6) is 0 Å². The molecule has 2 atom stereocenters. The Hall–Kier alpha value is -4.31. The Bertz CT molecular complexity index is 1670. The third kappa shape index (κ3) is 59.2. The van der Waals surface area contributed by atoms with E-state index in [-0.39, 0.29) is 38.6 Å². The van der Waals surface area contributed by atoms with Crippen LogP contribution < -0.4 is 5.11 Å². The van der Waals surface area contributed by atoms with Crippen LogP contribution in [0.1, 0.15) is 232 Å². The first-order chi connectivity index (χ1) is 37.6. The Morgan fingerprint density at radius 2 is 0.701 bits per heavy atom. The van der Waals surface area contributed by atoms with Gasteiger partial charge in [0, 0.05) is 12.8 Å². The number of carboxylic acids is 1. The molecule has 0 aromatic heterocycles. The van der Waals surface area contributed by atoms with Crippen molar-refractivity contribution >= 4 is 17.9 Å². The molecule has 0 aliphatic rings. The number of esters is 2. The highest BCUT2D eigenvalue weighted by atomic mass is 16.7.